The van der Waals surface area contributed by atoms with Crippen LogP contribution in [0.2, 0.25) is 10.0 Å². The first kappa shape index (κ1) is 14.8. The van der Waals surface area contributed by atoms with E-state index in [0.29, 0.717) is 40.4 Å². The quantitative estimate of drug-likeness (QED) is 0.660. The zero-order valence-corrected chi connectivity index (χ0v) is 12.5. The van der Waals surface area contributed by atoms with Crippen LogP contribution >= 0.6 is 23.2 Å². The Hall–Kier alpha value is -1.58. The van der Waals surface area contributed by atoms with Crippen LogP contribution in [0.1, 0.15) is 5.56 Å². The smallest absolute Gasteiger partial charge is 0.142 e. The van der Waals surface area contributed by atoms with Crippen molar-refractivity contribution < 1.29 is 9.47 Å². The molecule has 0 fully saturated rings. The van der Waals surface area contributed by atoms with Crippen molar-refractivity contribution in [1.29, 1.82) is 0 Å². The molecule has 0 saturated heterocycles. The van der Waals surface area contributed by atoms with E-state index < -0.39 is 0 Å². The predicted octanol–water partition coefficient (Wildman–Crippen LogP) is 4.34. The summed E-state index contributed by atoms with van der Waals surface area (Å²) in [5.41, 5.74) is 7.38. The van der Waals surface area contributed by atoms with Gasteiger partial charge in [0.05, 0.1) is 10.7 Å². The van der Waals surface area contributed by atoms with Crippen molar-refractivity contribution in [2.75, 3.05) is 18.9 Å². The van der Waals surface area contributed by atoms with E-state index in [1.165, 1.54) is 0 Å². The van der Waals surface area contributed by atoms with Gasteiger partial charge in [0.25, 0.3) is 0 Å². The minimum atomic E-state index is 0.371. The molecule has 0 aromatic heterocycles. The molecule has 0 amide bonds. The average molecular weight is 312 g/mol. The van der Waals surface area contributed by atoms with Crippen molar-refractivity contribution in [3.63, 3.8) is 0 Å². The Kier molecular flexibility index (Phi) is 4.99. The van der Waals surface area contributed by atoms with Crippen LogP contribution in [0.5, 0.6) is 11.5 Å². The number of nitrogen functional groups attached to an aromatic ring is 1. The molecule has 2 aromatic rings. The molecule has 2 rings (SSSR count). The summed E-state index contributed by atoms with van der Waals surface area (Å²) in [6, 6.07) is 10.7. The molecular formula is C15H15Cl2NO2. The summed E-state index contributed by atoms with van der Waals surface area (Å²) in [5, 5.41) is 1.17. The van der Waals surface area contributed by atoms with Crippen molar-refractivity contribution in [2.24, 2.45) is 0 Å². The molecule has 0 atom stereocenters. The van der Waals surface area contributed by atoms with E-state index in [1.807, 2.05) is 25.1 Å². The molecule has 0 aliphatic rings. The molecular weight excluding hydrogens is 297 g/mol. The molecule has 106 valence electrons. The highest BCUT2D eigenvalue weighted by atomic mass is 35.5. The first-order valence-electron chi connectivity index (χ1n) is 6.13. The Morgan fingerprint density at radius 2 is 1.65 bits per heavy atom. The monoisotopic (exact) mass is 311 g/mol. The lowest BCUT2D eigenvalue weighted by molar-refractivity contribution is 0.218. The number of nitrogens with two attached hydrogens (primary N) is 1. The number of aryl methyl sites for hydroxylation is 1. The molecule has 0 heterocycles. The lowest BCUT2D eigenvalue weighted by Gasteiger charge is -2.11. The van der Waals surface area contributed by atoms with Gasteiger partial charge in [-0.25, -0.2) is 0 Å². The van der Waals surface area contributed by atoms with E-state index in [0.717, 1.165) is 5.56 Å². The number of halogens is 2. The van der Waals surface area contributed by atoms with Crippen molar-refractivity contribution in [1.82, 2.24) is 0 Å². The third kappa shape index (κ3) is 3.95. The Balaban J connectivity index is 1.86. The summed E-state index contributed by atoms with van der Waals surface area (Å²) >= 11 is 11.8. The molecule has 0 unspecified atom stereocenters. The van der Waals surface area contributed by atoms with E-state index in [2.05, 4.69) is 0 Å². The summed E-state index contributed by atoms with van der Waals surface area (Å²) in [7, 11) is 0. The molecule has 2 N–H and O–H groups in total. The minimum absolute atomic E-state index is 0.371. The highest BCUT2D eigenvalue weighted by Crippen LogP contribution is 2.26. The zero-order valence-electron chi connectivity index (χ0n) is 11.0. The maximum absolute atomic E-state index is 6.03. The maximum atomic E-state index is 6.03. The van der Waals surface area contributed by atoms with Crippen LogP contribution in [0, 0.1) is 6.92 Å². The van der Waals surface area contributed by atoms with Gasteiger partial charge in [0.1, 0.15) is 24.7 Å². The van der Waals surface area contributed by atoms with Crippen LogP contribution in [-0.2, 0) is 0 Å². The van der Waals surface area contributed by atoms with Gasteiger partial charge in [-0.05, 0) is 42.8 Å². The summed E-state index contributed by atoms with van der Waals surface area (Å²) in [5.74, 6) is 1.24. The van der Waals surface area contributed by atoms with Gasteiger partial charge in [-0.1, -0.05) is 29.3 Å². The van der Waals surface area contributed by atoms with E-state index >= 15 is 0 Å². The first-order valence-corrected chi connectivity index (χ1v) is 6.88. The van der Waals surface area contributed by atoms with Crippen LogP contribution in [0.3, 0.4) is 0 Å². The van der Waals surface area contributed by atoms with Crippen LogP contribution in [0.4, 0.5) is 5.69 Å². The highest BCUT2D eigenvalue weighted by molar-refractivity contribution is 6.32. The number of hydrogen-bond donors (Lipinski definition) is 1. The van der Waals surface area contributed by atoms with Crippen molar-refractivity contribution >= 4 is 28.9 Å². The summed E-state index contributed by atoms with van der Waals surface area (Å²) in [6.07, 6.45) is 0. The molecule has 5 heteroatoms. The number of ether oxygens (including phenoxy) is 2. The van der Waals surface area contributed by atoms with Gasteiger partial charge in [0, 0.05) is 5.02 Å². The lowest BCUT2D eigenvalue weighted by Crippen LogP contribution is -2.10. The largest absolute Gasteiger partial charge is 0.488 e. The standard InChI is InChI=1S/C15H15Cl2NO2/c1-10-2-4-12(17)15(8-10)20-7-6-19-14-5-3-11(16)9-13(14)18/h2-5,8-9H,6-7,18H2,1H3. The Morgan fingerprint density at radius 1 is 0.950 bits per heavy atom. The van der Waals surface area contributed by atoms with Gasteiger partial charge in [0.15, 0.2) is 0 Å². The van der Waals surface area contributed by atoms with Crippen molar-refractivity contribution in [2.45, 2.75) is 6.92 Å². The van der Waals surface area contributed by atoms with Crippen LogP contribution in [-0.4, -0.2) is 13.2 Å². The number of benzene rings is 2. The Labute approximate surface area is 128 Å². The molecule has 2 aromatic carbocycles. The highest BCUT2D eigenvalue weighted by Gasteiger charge is 2.03. The van der Waals surface area contributed by atoms with Gasteiger partial charge in [-0.2, -0.15) is 0 Å². The predicted molar refractivity (Wildman–Crippen MR) is 83.0 cm³/mol. The normalized spacial score (nSPS) is 10.3. The SMILES string of the molecule is Cc1ccc(Cl)c(OCCOc2ccc(Cl)cc2N)c1. The fourth-order valence-electron chi connectivity index (χ4n) is 1.68. The van der Waals surface area contributed by atoms with E-state index in [-0.39, 0.29) is 0 Å². The van der Waals surface area contributed by atoms with Gasteiger partial charge >= 0.3 is 0 Å². The Bertz CT molecular complexity index is 602. The van der Waals surface area contributed by atoms with Crippen molar-refractivity contribution in [3.8, 4) is 11.5 Å². The molecule has 0 spiro atoms. The molecule has 0 aliphatic heterocycles. The van der Waals surface area contributed by atoms with Gasteiger partial charge in [-0.3, -0.25) is 0 Å². The van der Waals surface area contributed by atoms with Crippen LogP contribution in [0.25, 0.3) is 0 Å². The van der Waals surface area contributed by atoms with Gasteiger partial charge < -0.3 is 15.2 Å². The molecule has 0 radical (unpaired) electrons. The second-order valence-electron chi connectivity index (χ2n) is 4.31. The second-order valence-corrected chi connectivity index (χ2v) is 5.16. The van der Waals surface area contributed by atoms with E-state index in [4.69, 9.17) is 38.4 Å². The van der Waals surface area contributed by atoms with Gasteiger partial charge in [-0.15, -0.1) is 0 Å². The molecule has 0 aliphatic carbocycles. The molecule has 0 bridgehead atoms. The number of rotatable bonds is 5. The fourth-order valence-corrected chi connectivity index (χ4v) is 2.03. The lowest BCUT2D eigenvalue weighted by atomic mass is 10.2. The third-order valence-corrected chi connectivity index (χ3v) is 3.20. The zero-order chi connectivity index (χ0) is 14.5. The summed E-state index contributed by atoms with van der Waals surface area (Å²) in [4.78, 5) is 0. The number of anilines is 1. The number of hydrogen-bond acceptors (Lipinski definition) is 3. The van der Waals surface area contributed by atoms with Gasteiger partial charge in [0.2, 0.25) is 0 Å². The van der Waals surface area contributed by atoms with E-state index in [1.54, 1.807) is 18.2 Å². The van der Waals surface area contributed by atoms with Crippen molar-refractivity contribution in [3.05, 3.63) is 52.0 Å². The molecule has 3 nitrogen and oxygen atoms in total. The average Bonchev–Trinajstić information content (AvgIpc) is 2.40. The van der Waals surface area contributed by atoms with Crippen LogP contribution < -0.4 is 15.2 Å². The fraction of sp³-hybridized carbons (Fsp3) is 0.200. The maximum Gasteiger partial charge on any atom is 0.142 e. The first-order chi connectivity index (χ1) is 9.56. The van der Waals surface area contributed by atoms with Crippen LogP contribution in [0.15, 0.2) is 36.4 Å². The molecule has 20 heavy (non-hydrogen) atoms. The second kappa shape index (κ2) is 6.73. The Morgan fingerprint density at radius 3 is 2.35 bits per heavy atom. The minimum Gasteiger partial charge on any atom is -0.488 e. The summed E-state index contributed by atoms with van der Waals surface area (Å²) < 4.78 is 11.1. The van der Waals surface area contributed by atoms with E-state index in [9.17, 15) is 0 Å². The topological polar surface area (TPSA) is 44.5 Å². The summed E-state index contributed by atoms with van der Waals surface area (Å²) in [6.45, 7) is 2.73. The molecule has 0 saturated carbocycles. The third-order valence-electron chi connectivity index (χ3n) is 2.66.